The van der Waals surface area contributed by atoms with Gasteiger partial charge in [0.25, 0.3) is 0 Å². The molecule has 7 heteroatoms. The molecule has 0 rings (SSSR count). The predicted molar refractivity (Wildman–Crippen MR) is 54.3 cm³/mol. The van der Waals surface area contributed by atoms with E-state index in [0.717, 1.165) is 0 Å². The smallest absolute Gasteiger partial charge is 0.329 e. The Kier molecular flexibility index (Phi) is 70.6. The Bertz CT molecular complexity index is 32.6. The average molecular weight is 283 g/mol. The van der Waals surface area contributed by atoms with Gasteiger partial charge in [-0.3, -0.25) is 0 Å². The van der Waals surface area contributed by atoms with E-state index in [1.54, 1.807) is 0 Å². The maximum atomic E-state index is 4.90. The van der Waals surface area contributed by atoms with E-state index < -0.39 is 0 Å². The number of hydrogen-bond acceptors (Lipinski definition) is 6. The van der Waals surface area contributed by atoms with Gasteiger partial charge in [-0.05, 0) is 0 Å². The van der Waals surface area contributed by atoms with E-state index in [1.165, 1.54) is 0 Å². The molecule has 0 amide bonds. The second kappa shape index (κ2) is 39.4. The van der Waals surface area contributed by atoms with Crippen LogP contribution < -0.4 is 34.4 Å². The van der Waals surface area contributed by atoms with E-state index in [0.29, 0.717) is 39.3 Å². The molecule has 0 aromatic carbocycles. The van der Waals surface area contributed by atoms with Gasteiger partial charge in [0.2, 0.25) is 0 Å². The fourth-order valence-electron chi connectivity index (χ4n) is 0. The Hall–Kier alpha value is 0.383. The SMILES string of the molecule is NCCN.NCCN.NCCN.[Rh+3]. The van der Waals surface area contributed by atoms with Crippen molar-refractivity contribution in [3.8, 4) is 0 Å². The van der Waals surface area contributed by atoms with Crippen LogP contribution >= 0.6 is 0 Å². The monoisotopic (exact) mass is 283 g/mol. The first-order chi connectivity index (χ1) is 5.74. The molecule has 0 unspecified atom stereocenters. The van der Waals surface area contributed by atoms with Crippen LogP contribution in [-0.2, 0) is 19.5 Å². The summed E-state index contributed by atoms with van der Waals surface area (Å²) in [5.41, 5.74) is 29.4. The van der Waals surface area contributed by atoms with Crippen LogP contribution in [0.2, 0.25) is 0 Å². The van der Waals surface area contributed by atoms with Gasteiger partial charge >= 0.3 is 19.5 Å². The van der Waals surface area contributed by atoms with Crippen LogP contribution in [0.4, 0.5) is 0 Å². The molecule has 84 valence electrons. The first-order valence-corrected chi connectivity index (χ1v) is 3.95. The summed E-state index contributed by atoms with van der Waals surface area (Å²) in [5.74, 6) is 0. The van der Waals surface area contributed by atoms with Crippen LogP contribution in [-0.4, -0.2) is 39.3 Å². The number of nitrogens with two attached hydrogens (primary N) is 6. The van der Waals surface area contributed by atoms with Crippen LogP contribution in [0.1, 0.15) is 0 Å². The molecule has 0 aliphatic heterocycles. The molecule has 0 aromatic rings. The molecule has 0 saturated heterocycles. The third kappa shape index (κ3) is 117. The Morgan fingerprint density at radius 2 is 0.462 bits per heavy atom. The van der Waals surface area contributed by atoms with Crippen molar-refractivity contribution in [2.24, 2.45) is 34.4 Å². The summed E-state index contributed by atoms with van der Waals surface area (Å²) in [5, 5.41) is 0. The summed E-state index contributed by atoms with van der Waals surface area (Å²) < 4.78 is 0. The van der Waals surface area contributed by atoms with E-state index in [9.17, 15) is 0 Å². The second-order valence-electron chi connectivity index (χ2n) is 1.73. The zero-order valence-electron chi connectivity index (χ0n) is 8.04. The molecule has 6 nitrogen and oxygen atoms in total. The van der Waals surface area contributed by atoms with Gasteiger partial charge in [-0.15, -0.1) is 0 Å². The molecule has 0 heterocycles. The van der Waals surface area contributed by atoms with Gasteiger partial charge in [-0.1, -0.05) is 0 Å². The predicted octanol–water partition coefficient (Wildman–Crippen LogP) is -3.29. The van der Waals surface area contributed by atoms with E-state index >= 15 is 0 Å². The molecule has 13 heavy (non-hydrogen) atoms. The Balaban J connectivity index is -0.0000000450. The third-order valence-corrected chi connectivity index (χ3v) is 0.500. The van der Waals surface area contributed by atoms with Crippen LogP contribution in [0, 0.1) is 0 Å². The van der Waals surface area contributed by atoms with Gasteiger partial charge in [-0.25, -0.2) is 0 Å². The summed E-state index contributed by atoms with van der Waals surface area (Å²) in [4.78, 5) is 0. The Morgan fingerprint density at radius 1 is 0.385 bits per heavy atom. The van der Waals surface area contributed by atoms with Gasteiger partial charge < -0.3 is 34.4 Å². The molecule has 0 spiro atoms. The average Bonchev–Trinajstić information content (AvgIpc) is 2.18. The molecule has 0 aliphatic carbocycles. The van der Waals surface area contributed by atoms with Gasteiger partial charge in [0.15, 0.2) is 0 Å². The van der Waals surface area contributed by atoms with Gasteiger partial charge in [0, 0.05) is 39.3 Å². The zero-order chi connectivity index (χ0) is 10.2. The fourth-order valence-corrected chi connectivity index (χ4v) is 0. The van der Waals surface area contributed by atoms with Crippen molar-refractivity contribution in [3.05, 3.63) is 0 Å². The van der Waals surface area contributed by atoms with Gasteiger partial charge in [-0.2, -0.15) is 0 Å². The van der Waals surface area contributed by atoms with Crippen LogP contribution in [0.5, 0.6) is 0 Å². The van der Waals surface area contributed by atoms with Crippen molar-refractivity contribution in [3.63, 3.8) is 0 Å². The maximum Gasteiger partial charge on any atom is 3.00 e. The molecular weight excluding hydrogens is 259 g/mol. The summed E-state index contributed by atoms with van der Waals surface area (Å²) >= 11 is 0. The van der Waals surface area contributed by atoms with E-state index in [1.807, 2.05) is 0 Å². The topological polar surface area (TPSA) is 156 Å². The van der Waals surface area contributed by atoms with Crippen molar-refractivity contribution in [1.29, 1.82) is 0 Å². The summed E-state index contributed by atoms with van der Waals surface area (Å²) in [6.07, 6.45) is 0. The number of rotatable bonds is 3. The van der Waals surface area contributed by atoms with Crippen molar-refractivity contribution in [2.75, 3.05) is 39.3 Å². The minimum atomic E-state index is 0. The van der Waals surface area contributed by atoms with Crippen LogP contribution in [0.25, 0.3) is 0 Å². The first kappa shape index (κ1) is 23.3. The molecule has 0 fully saturated rings. The van der Waals surface area contributed by atoms with Gasteiger partial charge in [0.1, 0.15) is 0 Å². The summed E-state index contributed by atoms with van der Waals surface area (Å²) in [6.45, 7) is 3.58. The Labute approximate surface area is 93.5 Å². The molecule has 0 aromatic heterocycles. The molecule has 0 saturated carbocycles. The van der Waals surface area contributed by atoms with Crippen molar-refractivity contribution >= 4 is 0 Å². The molecule has 0 radical (unpaired) electrons. The molecule has 0 bridgehead atoms. The molecule has 0 aliphatic rings. The Morgan fingerprint density at radius 3 is 0.462 bits per heavy atom. The minimum absolute atomic E-state index is 0. The second-order valence-corrected chi connectivity index (χ2v) is 1.73. The largest absolute Gasteiger partial charge is 3.00 e. The van der Waals surface area contributed by atoms with Crippen LogP contribution in [0.3, 0.4) is 0 Å². The fraction of sp³-hybridized carbons (Fsp3) is 1.00. The van der Waals surface area contributed by atoms with Crippen LogP contribution in [0.15, 0.2) is 0 Å². The first-order valence-electron chi connectivity index (χ1n) is 3.95. The quantitative estimate of drug-likeness (QED) is 0.298. The normalized spacial score (nSPS) is 6.92. The molecule has 12 N–H and O–H groups in total. The summed E-state index contributed by atoms with van der Waals surface area (Å²) in [7, 11) is 0. The van der Waals surface area contributed by atoms with Crippen molar-refractivity contribution in [1.82, 2.24) is 0 Å². The van der Waals surface area contributed by atoms with E-state index in [4.69, 9.17) is 34.4 Å². The molecule has 0 atom stereocenters. The standard InChI is InChI=1S/3C2H8N2.Rh/c3*3-1-2-4;/h3*1-4H2;/q;;;+3. The molecular formula is C6H24N6Rh+3. The van der Waals surface area contributed by atoms with Gasteiger partial charge in [0.05, 0.1) is 0 Å². The zero-order valence-corrected chi connectivity index (χ0v) is 9.68. The maximum absolute atomic E-state index is 4.90. The third-order valence-electron chi connectivity index (χ3n) is 0.500. The van der Waals surface area contributed by atoms with Crippen molar-refractivity contribution in [2.45, 2.75) is 0 Å². The van der Waals surface area contributed by atoms with E-state index in [2.05, 4.69) is 0 Å². The minimum Gasteiger partial charge on any atom is -0.329 e. The van der Waals surface area contributed by atoms with Crippen molar-refractivity contribution < 1.29 is 19.5 Å². The van der Waals surface area contributed by atoms with E-state index in [-0.39, 0.29) is 19.5 Å². The number of hydrogen-bond donors (Lipinski definition) is 6. The summed E-state index contributed by atoms with van der Waals surface area (Å²) in [6, 6.07) is 0.